The van der Waals surface area contributed by atoms with Crippen LogP contribution in [0, 0.1) is 5.82 Å². The summed E-state index contributed by atoms with van der Waals surface area (Å²) < 4.78 is 20.6. The van der Waals surface area contributed by atoms with Gasteiger partial charge in [0.15, 0.2) is 18.2 Å². The van der Waals surface area contributed by atoms with Crippen molar-refractivity contribution in [1.29, 1.82) is 0 Å². The third-order valence-corrected chi connectivity index (χ3v) is 4.11. The van der Waals surface area contributed by atoms with E-state index in [1.807, 2.05) is 19.3 Å². The van der Waals surface area contributed by atoms with Gasteiger partial charge in [0.25, 0.3) is 5.91 Å². The van der Waals surface area contributed by atoms with Crippen LogP contribution in [0.5, 0.6) is 5.75 Å². The van der Waals surface area contributed by atoms with Gasteiger partial charge in [-0.1, -0.05) is 12.1 Å². The molecule has 0 spiro atoms. The Balaban J connectivity index is 1.58. The first kappa shape index (κ1) is 15.5. The number of aryl methyl sites for hydroxylation is 1. The highest BCUT2D eigenvalue weighted by molar-refractivity contribution is 5.78. The van der Waals surface area contributed by atoms with Crippen molar-refractivity contribution in [2.24, 2.45) is 7.05 Å². The van der Waals surface area contributed by atoms with Crippen LogP contribution in [0.4, 0.5) is 4.39 Å². The molecule has 0 aliphatic carbocycles. The van der Waals surface area contributed by atoms with Gasteiger partial charge in [-0.2, -0.15) is 5.10 Å². The summed E-state index contributed by atoms with van der Waals surface area (Å²) in [7, 11) is 1.89. The van der Waals surface area contributed by atoms with E-state index in [0.29, 0.717) is 13.1 Å². The molecule has 1 aromatic heterocycles. The number of halogens is 1. The average Bonchev–Trinajstić information content (AvgIpc) is 3.00. The molecule has 0 saturated carbocycles. The van der Waals surface area contributed by atoms with Gasteiger partial charge >= 0.3 is 0 Å². The van der Waals surface area contributed by atoms with Crippen molar-refractivity contribution < 1.29 is 13.9 Å². The second-order valence-electron chi connectivity index (χ2n) is 5.81. The van der Waals surface area contributed by atoms with Gasteiger partial charge in [0, 0.05) is 32.3 Å². The standard InChI is InChI=1S/C17H20FN3O2/c1-20-10-8-15(19-20)13-5-4-9-21(11-13)17(22)12-23-16-7-3-2-6-14(16)18/h2-3,6-8,10,13H,4-5,9,11-12H2,1H3. The number of benzene rings is 1. The molecule has 23 heavy (non-hydrogen) atoms. The molecule has 1 aliphatic rings. The molecule has 1 aromatic carbocycles. The fourth-order valence-electron chi connectivity index (χ4n) is 2.89. The van der Waals surface area contributed by atoms with Gasteiger partial charge in [0.1, 0.15) is 0 Å². The maximum atomic E-state index is 13.5. The first-order valence-corrected chi connectivity index (χ1v) is 7.78. The molecule has 5 nitrogen and oxygen atoms in total. The van der Waals surface area contributed by atoms with Crippen LogP contribution in [0.1, 0.15) is 24.5 Å². The molecule has 1 unspecified atom stereocenters. The van der Waals surface area contributed by atoms with Gasteiger partial charge < -0.3 is 9.64 Å². The van der Waals surface area contributed by atoms with Gasteiger partial charge in [-0.05, 0) is 31.0 Å². The van der Waals surface area contributed by atoms with Gasteiger partial charge in [-0.3, -0.25) is 9.48 Å². The Morgan fingerprint density at radius 1 is 1.39 bits per heavy atom. The minimum atomic E-state index is -0.453. The highest BCUT2D eigenvalue weighted by Crippen LogP contribution is 2.25. The summed E-state index contributed by atoms with van der Waals surface area (Å²) in [5.41, 5.74) is 1.01. The molecule has 1 amide bonds. The van der Waals surface area contributed by atoms with Gasteiger partial charge in [0.05, 0.1) is 5.69 Å². The molecule has 3 rings (SSSR count). The number of ether oxygens (including phenoxy) is 1. The Labute approximate surface area is 134 Å². The summed E-state index contributed by atoms with van der Waals surface area (Å²) in [5, 5.41) is 4.43. The van der Waals surface area contributed by atoms with E-state index in [9.17, 15) is 9.18 Å². The molecule has 0 radical (unpaired) electrons. The maximum Gasteiger partial charge on any atom is 0.260 e. The molecular weight excluding hydrogens is 297 g/mol. The zero-order valence-electron chi connectivity index (χ0n) is 13.1. The first-order valence-electron chi connectivity index (χ1n) is 7.78. The zero-order valence-corrected chi connectivity index (χ0v) is 13.1. The number of nitrogens with zero attached hydrogens (tertiary/aromatic N) is 3. The molecule has 6 heteroatoms. The Kier molecular flexibility index (Phi) is 4.60. The van der Waals surface area contributed by atoms with Crippen LogP contribution in [0.25, 0.3) is 0 Å². The SMILES string of the molecule is Cn1ccc(C2CCCN(C(=O)COc3ccccc3F)C2)n1. The monoisotopic (exact) mass is 317 g/mol. The largest absolute Gasteiger partial charge is 0.481 e. The maximum absolute atomic E-state index is 13.5. The fourth-order valence-corrected chi connectivity index (χ4v) is 2.89. The van der Waals surface area contributed by atoms with Gasteiger partial charge in [-0.15, -0.1) is 0 Å². The van der Waals surface area contributed by atoms with Crippen molar-refractivity contribution in [1.82, 2.24) is 14.7 Å². The number of para-hydroxylation sites is 1. The van der Waals surface area contributed by atoms with Crippen molar-refractivity contribution in [3.63, 3.8) is 0 Å². The topological polar surface area (TPSA) is 47.4 Å². The summed E-state index contributed by atoms with van der Waals surface area (Å²) in [6, 6.07) is 8.11. The van der Waals surface area contributed by atoms with Crippen molar-refractivity contribution in [2.45, 2.75) is 18.8 Å². The number of carbonyl (C=O) groups excluding carboxylic acids is 1. The van der Waals surface area contributed by atoms with Crippen molar-refractivity contribution in [3.8, 4) is 5.75 Å². The molecule has 1 saturated heterocycles. The van der Waals surface area contributed by atoms with E-state index in [-0.39, 0.29) is 24.2 Å². The van der Waals surface area contributed by atoms with Crippen LogP contribution in [0.3, 0.4) is 0 Å². The van der Waals surface area contributed by atoms with Crippen LogP contribution in [0.15, 0.2) is 36.5 Å². The third-order valence-electron chi connectivity index (χ3n) is 4.11. The van der Waals surface area contributed by atoms with Crippen LogP contribution < -0.4 is 4.74 Å². The summed E-state index contributed by atoms with van der Waals surface area (Å²) in [6.45, 7) is 1.20. The van der Waals surface area contributed by atoms with Crippen molar-refractivity contribution in [3.05, 3.63) is 48.0 Å². The van der Waals surface area contributed by atoms with Crippen molar-refractivity contribution in [2.75, 3.05) is 19.7 Å². The summed E-state index contributed by atoms with van der Waals surface area (Å²) in [5.74, 6) is -0.208. The first-order chi connectivity index (χ1) is 11.1. The Morgan fingerprint density at radius 2 is 2.22 bits per heavy atom. The Bertz CT molecular complexity index is 686. The van der Waals surface area contributed by atoms with Crippen LogP contribution in [0.2, 0.25) is 0 Å². The molecule has 1 atom stereocenters. The zero-order chi connectivity index (χ0) is 16.2. The highest BCUT2D eigenvalue weighted by atomic mass is 19.1. The number of carbonyl (C=O) groups is 1. The Hall–Kier alpha value is -2.37. The molecule has 2 heterocycles. The normalized spacial score (nSPS) is 18.0. The number of hydrogen-bond donors (Lipinski definition) is 0. The minimum absolute atomic E-state index is 0.110. The van der Waals surface area contributed by atoms with E-state index < -0.39 is 5.82 Å². The molecule has 1 aliphatic heterocycles. The number of rotatable bonds is 4. The summed E-state index contributed by atoms with van der Waals surface area (Å²) in [4.78, 5) is 14.1. The molecule has 0 N–H and O–H groups in total. The van der Waals surface area contributed by atoms with E-state index in [0.717, 1.165) is 18.5 Å². The lowest BCUT2D eigenvalue weighted by atomic mass is 9.95. The number of likely N-dealkylation sites (tertiary alicyclic amines) is 1. The number of aromatic nitrogens is 2. The van der Waals surface area contributed by atoms with E-state index in [2.05, 4.69) is 5.10 Å². The predicted molar refractivity (Wildman–Crippen MR) is 83.7 cm³/mol. The van der Waals surface area contributed by atoms with Crippen LogP contribution in [-0.2, 0) is 11.8 Å². The number of piperidine rings is 1. The quantitative estimate of drug-likeness (QED) is 0.869. The lowest BCUT2D eigenvalue weighted by Crippen LogP contribution is -2.41. The van der Waals surface area contributed by atoms with E-state index in [4.69, 9.17) is 4.74 Å². The van der Waals surface area contributed by atoms with Crippen molar-refractivity contribution >= 4 is 5.91 Å². The van der Waals surface area contributed by atoms with Gasteiger partial charge in [-0.25, -0.2) is 4.39 Å². The predicted octanol–water partition coefficient (Wildman–Crippen LogP) is 2.34. The fraction of sp³-hybridized carbons (Fsp3) is 0.412. The molecular formula is C17H20FN3O2. The summed E-state index contributed by atoms with van der Waals surface area (Å²) in [6.07, 6.45) is 3.87. The lowest BCUT2D eigenvalue weighted by molar-refractivity contribution is -0.134. The second-order valence-corrected chi connectivity index (χ2v) is 5.81. The molecule has 1 fully saturated rings. The third kappa shape index (κ3) is 3.70. The van der Waals surface area contributed by atoms with Gasteiger partial charge in [0.2, 0.25) is 0 Å². The van der Waals surface area contributed by atoms with Crippen LogP contribution in [-0.4, -0.2) is 40.3 Å². The Morgan fingerprint density at radius 3 is 2.96 bits per heavy atom. The van der Waals surface area contributed by atoms with Crippen LogP contribution >= 0.6 is 0 Å². The van der Waals surface area contributed by atoms with E-state index in [1.165, 1.54) is 12.1 Å². The molecule has 2 aromatic rings. The molecule has 122 valence electrons. The number of amides is 1. The minimum Gasteiger partial charge on any atom is -0.481 e. The summed E-state index contributed by atoms with van der Waals surface area (Å²) >= 11 is 0. The second kappa shape index (κ2) is 6.81. The average molecular weight is 317 g/mol. The smallest absolute Gasteiger partial charge is 0.260 e. The number of hydrogen-bond acceptors (Lipinski definition) is 3. The van der Waals surface area contributed by atoms with E-state index >= 15 is 0 Å². The highest BCUT2D eigenvalue weighted by Gasteiger charge is 2.26. The lowest BCUT2D eigenvalue weighted by Gasteiger charge is -2.32. The molecule has 0 bridgehead atoms. The van der Waals surface area contributed by atoms with E-state index in [1.54, 1.807) is 21.7 Å².